The molecule has 2 aromatic carbocycles. The Morgan fingerprint density at radius 1 is 1.09 bits per heavy atom. The highest BCUT2D eigenvalue weighted by atomic mass is 16.5. The lowest BCUT2D eigenvalue weighted by atomic mass is 9.92. The van der Waals surface area contributed by atoms with E-state index in [1.165, 1.54) is 7.11 Å². The molecule has 0 bridgehead atoms. The van der Waals surface area contributed by atoms with Crippen LogP contribution in [-0.2, 0) is 10.2 Å². The highest BCUT2D eigenvalue weighted by molar-refractivity contribution is 6.00. The molecule has 3 rings (SSSR count). The Kier molecular flexibility index (Phi) is 7.76. The minimum atomic E-state index is -0.287. The Bertz CT molecular complexity index is 1140. The average Bonchev–Trinajstić information content (AvgIpc) is 3.23. The summed E-state index contributed by atoms with van der Waals surface area (Å²) in [5.74, 6) is 0.531. The van der Waals surface area contributed by atoms with Crippen molar-refractivity contribution in [2.45, 2.75) is 46.5 Å². The fourth-order valence-corrected chi connectivity index (χ4v) is 3.59. The number of nitrogens with zero attached hydrogens (tertiary/aromatic N) is 3. The lowest BCUT2D eigenvalue weighted by molar-refractivity contribution is -0.116. The molecule has 1 aromatic heterocycles. The number of hydrogen-bond acceptors (Lipinski definition) is 4. The van der Waals surface area contributed by atoms with Crippen LogP contribution >= 0.6 is 0 Å². The summed E-state index contributed by atoms with van der Waals surface area (Å²) in [7, 11) is 1.53. The smallest absolute Gasteiger partial charge is 0.258 e. The normalized spacial score (nSPS) is 11.2. The number of ether oxygens (including phenoxy) is 1. The van der Waals surface area contributed by atoms with E-state index >= 15 is 0 Å². The topological polar surface area (TPSA) is 76.5 Å². The third kappa shape index (κ3) is 5.84. The van der Waals surface area contributed by atoms with Gasteiger partial charge in [0.25, 0.3) is 5.91 Å². The van der Waals surface area contributed by atoms with E-state index in [1.807, 2.05) is 50.2 Å². The molecule has 2 amide bonds. The van der Waals surface area contributed by atoms with Crippen molar-refractivity contribution in [3.05, 3.63) is 71.4 Å². The van der Waals surface area contributed by atoms with Crippen LogP contribution in [0.3, 0.4) is 0 Å². The summed E-state index contributed by atoms with van der Waals surface area (Å²) in [6.07, 6.45) is 0.726. The second-order valence-corrected chi connectivity index (χ2v) is 9.39. The third-order valence-corrected chi connectivity index (χ3v) is 5.48. The molecule has 0 radical (unpaired) electrons. The SMILES string of the molecule is CCCN(CC(=O)Nc1cc(C(C)(C)C)nn1-c1ccc(C)cc1)C(=O)c1ccccc1OC. The van der Waals surface area contributed by atoms with Gasteiger partial charge in [0.15, 0.2) is 0 Å². The zero-order valence-corrected chi connectivity index (χ0v) is 20.9. The van der Waals surface area contributed by atoms with E-state index in [-0.39, 0.29) is 23.8 Å². The zero-order chi connectivity index (χ0) is 24.9. The first kappa shape index (κ1) is 25.0. The molecule has 0 atom stereocenters. The molecule has 3 aromatic rings. The Balaban J connectivity index is 1.86. The van der Waals surface area contributed by atoms with Crippen molar-refractivity contribution in [1.29, 1.82) is 0 Å². The molecule has 1 heterocycles. The number of hydrogen-bond donors (Lipinski definition) is 1. The fraction of sp³-hybridized carbons (Fsp3) is 0.370. The van der Waals surface area contributed by atoms with E-state index in [1.54, 1.807) is 27.8 Å². The first-order valence-electron chi connectivity index (χ1n) is 11.5. The molecule has 0 spiro atoms. The first-order chi connectivity index (χ1) is 16.1. The molecular formula is C27H34N4O3. The van der Waals surface area contributed by atoms with Crippen molar-refractivity contribution >= 4 is 17.6 Å². The number of rotatable bonds is 8. The van der Waals surface area contributed by atoms with Crippen LogP contribution in [-0.4, -0.2) is 46.7 Å². The van der Waals surface area contributed by atoms with Gasteiger partial charge in [-0.25, -0.2) is 4.68 Å². The van der Waals surface area contributed by atoms with Gasteiger partial charge in [0.05, 0.1) is 24.1 Å². The number of carbonyl (C=O) groups excluding carboxylic acids is 2. The van der Waals surface area contributed by atoms with Gasteiger partial charge >= 0.3 is 0 Å². The molecular weight excluding hydrogens is 428 g/mol. The van der Waals surface area contributed by atoms with Gasteiger partial charge in [-0.2, -0.15) is 5.10 Å². The van der Waals surface area contributed by atoms with Crippen molar-refractivity contribution < 1.29 is 14.3 Å². The molecule has 0 unspecified atom stereocenters. The maximum absolute atomic E-state index is 13.2. The summed E-state index contributed by atoms with van der Waals surface area (Å²) >= 11 is 0. The lowest BCUT2D eigenvalue weighted by Gasteiger charge is -2.22. The number of methoxy groups -OCH3 is 1. The van der Waals surface area contributed by atoms with Crippen LogP contribution in [0.15, 0.2) is 54.6 Å². The van der Waals surface area contributed by atoms with Crippen LogP contribution in [0.4, 0.5) is 5.82 Å². The van der Waals surface area contributed by atoms with Crippen LogP contribution < -0.4 is 10.1 Å². The second kappa shape index (κ2) is 10.5. The monoisotopic (exact) mass is 462 g/mol. The molecule has 0 aliphatic rings. The molecule has 0 aliphatic carbocycles. The van der Waals surface area contributed by atoms with E-state index in [2.05, 4.69) is 26.1 Å². The van der Waals surface area contributed by atoms with Crippen molar-refractivity contribution in [1.82, 2.24) is 14.7 Å². The van der Waals surface area contributed by atoms with Crippen molar-refractivity contribution in [2.24, 2.45) is 0 Å². The molecule has 7 nitrogen and oxygen atoms in total. The first-order valence-corrected chi connectivity index (χ1v) is 11.5. The molecule has 0 saturated heterocycles. The van der Waals surface area contributed by atoms with Gasteiger partial charge in [-0.3, -0.25) is 9.59 Å². The number of anilines is 1. The van der Waals surface area contributed by atoms with E-state index in [4.69, 9.17) is 9.84 Å². The minimum Gasteiger partial charge on any atom is -0.496 e. The maximum Gasteiger partial charge on any atom is 0.258 e. The van der Waals surface area contributed by atoms with Gasteiger partial charge in [0.2, 0.25) is 5.91 Å². The molecule has 0 aliphatic heterocycles. The number of para-hydroxylation sites is 1. The van der Waals surface area contributed by atoms with Gasteiger partial charge in [0.1, 0.15) is 18.1 Å². The van der Waals surface area contributed by atoms with Gasteiger partial charge in [0, 0.05) is 18.0 Å². The quantitative estimate of drug-likeness (QED) is 0.512. The highest BCUT2D eigenvalue weighted by Crippen LogP contribution is 2.26. The number of carbonyl (C=O) groups is 2. The number of nitrogens with one attached hydrogen (secondary N) is 1. The predicted octanol–water partition coefficient (Wildman–Crippen LogP) is 4.98. The highest BCUT2D eigenvalue weighted by Gasteiger charge is 2.24. The number of amides is 2. The predicted molar refractivity (Wildman–Crippen MR) is 135 cm³/mol. The second-order valence-electron chi connectivity index (χ2n) is 9.39. The Hall–Kier alpha value is -3.61. The molecule has 7 heteroatoms. The summed E-state index contributed by atoms with van der Waals surface area (Å²) in [6, 6.07) is 16.9. The zero-order valence-electron chi connectivity index (χ0n) is 20.9. The van der Waals surface area contributed by atoms with Crippen LogP contribution in [0.1, 0.15) is 55.7 Å². The third-order valence-electron chi connectivity index (χ3n) is 5.48. The Morgan fingerprint density at radius 2 is 1.76 bits per heavy atom. The minimum absolute atomic E-state index is 0.0748. The van der Waals surface area contributed by atoms with Crippen LogP contribution in [0, 0.1) is 6.92 Å². The van der Waals surface area contributed by atoms with Crippen LogP contribution in [0.25, 0.3) is 5.69 Å². The number of aryl methyl sites for hydroxylation is 1. The summed E-state index contributed by atoms with van der Waals surface area (Å²) in [4.78, 5) is 27.9. The molecule has 0 saturated carbocycles. The Labute approximate surface area is 201 Å². The maximum atomic E-state index is 13.2. The van der Waals surface area contributed by atoms with Crippen molar-refractivity contribution in [2.75, 3.05) is 25.5 Å². The summed E-state index contributed by atoms with van der Waals surface area (Å²) in [5.41, 5.74) is 3.10. The van der Waals surface area contributed by atoms with Crippen LogP contribution in [0.5, 0.6) is 5.75 Å². The summed E-state index contributed by atoms with van der Waals surface area (Å²) in [6.45, 7) is 10.6. The Morgan fingerprint density at radius 3 is 2.38 bits per heavy atom. The number of aromatic nitrogens is 2. The summed E-state index contributed by atoms with van der Waals surface area (Å²) < 4.78 is 7.08. The van der Waals surface area contributed by atoms with Gasteiger partial charge < -0.3 is 15.0 Å². The van der Waals surface area contributed by atoms with Gasteiger partial charge in [-0.15, -0.1) is 0 Å². The number of benzene rings is 2. The van der Waals surface area contributed by atoms with Crippen LogP contribution in [0.2, 0.25) is 0 Å². The average molecular weight is 463 g/mol. The van der Waals surface area contributed by atoms with E-state index in [0.717, 1.165) is 23.4 Å². The van der Waals surface area contributed by atoms with Crippen molar-refractivity contribution in [3.8, 4) is 11.4 Å². The molecule has 180 valence electrons. The van der Waals surface area contributed by atoms with E-state index < -0.39 is 0 Å². The van der Waals surface area contributed by atoms with E-state index in [9.17, 15) is 9.59 Å². The van der Waals surface area contributed by atoms with Gasteiger partial charge in [-0.1, -0.05) is 57.5 Å². The molecule has 0 fully saturated rings. The lowest BCUT2D eigenvalue weighted by Crippen LogP contribution is -2.39. The molecule has 34 heavy (non-hydrogen) atoms. The largest absolute Gasteiger partial charge is 0.496 e. The van der Waals surface area contributed by atoms with Gasteiger partial charge in [-0.05, 0) is 37.6 Å². The molecule has 1 N–H and O–H groups in total. The fourth-order valence-electron chi connectivity index (χ4n) is 3.59. The van der Waals surface area contributed by atoms with E-state index in [0.29, 0.717) is 23.7 Å². The summed E-state index contributed by atoms with van der Waals surface area (Å²) in [5, 5.41) is 7.74. The van der Waals surface area contributed by atoms with Crippen molar-refractivity contribution in [3.63, 3.8) is 0 Å². The standard InChI is InChI=1S/C27H34N4O3/c1-7-16-30(26(33)21-10-8-9-11-22(21)34-6)18-25(32)28-24-17-23(27(3,4)5)29-31(24)20-14-12-19(2)13-15-20/h8-15,17H,7,16,18H2,1-6H3,(H,28,32).